The van der Waals surface area contributed by atoms with Gasteiger partial charge in [0.1, 0.15) is 36.0 Å². The first-order chi connectivity index (χ1) is 13.0. The van der Waals surface area contributed by atoms with E-state index in [1.54, 1.807) is 11.3 Å². The maximum Gasteiger partial charge on any atom is 0.231 e. The predicted molar refractivity (Wildman–Crippen MR) is 104 cm³/mol. The van der Waals surface area contributed by atoms with Gasteiger partial charge >= 0.3 is 0 Å². The molecule has 27 heavy (non-hydrogen) atoms. The molecule has 1 aliphatic rings. The van der Waals surface area contributed by atoms with Gasteiger partial charge in [0.05, 0.1) is 23.6 Å². The van der Waals surface area contributed by atoms with Gasteiger partial charge in [-0.15, -0.1) is 11.3 Å². The molecule has 5 nitrogen and oxygen atoms in total. The Bertz CT molecular complexity index is 989. The Morgan fingerprint density at radius 3 is 2.78 bits per heavy atom. The van der Waals surface area contributed by atoms with E-state index < -0.39 is 5.82 Å². The predicted octanol–water partition coefficient (Wildman–Crippen LogP) is 3.31. The van der Waals surface area contributed by atoms with Gasteiger partial charge < -0.3 is 14.4 Å². The van der Waals surface area contributed by atoms with E-state index in [4.69, 9.17) is 26.1 Å². The number of halogens is 2. The molecule has 1 aromatic carbocycles. The number of aromatic nitrogens is 2. The number of nitrogens with zero attached hydrogens (tertiary/aromatic N) is 2. The molecule has 0 amide bonds. The highest BCUT2D eigenvalue weighted by molar-refractivity contribution is 7.18. The highest BCUT2D eigenvalue weighted by atomic mass is 35.5. The maximum atomic E-state index is 13.4. The molecule has 142 valence electrons. The molecule has 0 unspecified atom stereocenters. The summed E-state index contributed by atoms with van der Waals surface area (Å²) in [5.41, 5.74) is 1.09. The highest BCUT2D eigenvalue weighted by Gasteiger charge is 2.21. The van der Waals surface area contributed by atoms with Crippen LogP contribution in [0.5, 0.6) is 11.6 Å². The molecule has 8 heteroatoms. The van der Waals surface area contributed by atoms with E-state index in [1.165, 1.54) is 28.0 Å². The molecule has 0 aliphatic carbocycles. The van der Waals surface area contributed by atoms with Crippen molar-refractivity contribution in [2.24, 2.45) is 0 Å². The van der Waals surface area contributed by atoms with Crippen LogP contribution in [0.4, 0.5) is 4.39 Å². The van der Waals surface area contributed by atoms with Crippen LogP contribution in [0.15, 0.2) is 18.2 Å². The molecule has 0 bridgehead atoms. The number of ether oxygens (including phenoxy) is 2. The number of aryl methyl sites for hydroxylation is 2. The number of thiophene rings is 1. The molecule has 1 N–H and O–H groups in total. The molecule has 1 aliphatic heterocycles. The van der Waals surface area contributed by atoms with Gasteiger partial charge in [-0.2, -0.15) is 4.98 Å². The minimum absolute atomic E-state index is 0.215. The van der Waals surface area contributed by atoms with Gasteiger partial charge in [-0.25, -0.2) is 9.37 Å². The minimum atomic E-state index is -0.403. The van der Waals surface area contributed by atoms with Crippen LogP contribution >= 0.6 is 22.9 Å². The zero-order chi connectivity index (χ0) is 19.0. The van der Waals surface area contributed by atoms with Gasteiger partial charge in [-0.1, -0.05) is 11.6 Å². The Morgan fingerprint density at radius 1 is 1.26 bits per heavy atom. The van der Waals surface area contributed by atoms with E-state index in [0.717, 1.165) is 47.9 Å². The molecule has 3 heterocycles. The van der Waals surface area contributed by atoms with Crippen LogP contribution in [0.2, 0.25) is 5.02 Å². The summed E-state index contributed by atoms with van der Waals surface area (Å²) < 4.78 is 24.8. The average molecular weight is 409 g/mol. The van der Waals surface area contributed by atoms with Crippen LogP contribution in [-0.2, 0) is 11.3 Å². The topological polar surface area (TPSA) is 48.7 Å². The first kappa shape index (κ1) is 18.6. The van der Waals surface area contributed by atoms with E-state index in [-0.39, 0.29) is 5.02 Å². The van der Waals surface area contributed by atoms with Crippen molar-refractivity contribution in [3.63, 3.8) is 0 Å². The van der Waals surface area contributed by atoms with E-state index in [2.05, 4.69) is 11.9 Å². The summed E-state index contributed by atoms with van der Waals surface area (Å²) in [4.78, 5) is 12.9. The summed E-state index contributed by atoms with van der Waals surface area (Å²) in [6.45, 7) is 8.18. The third-order valence-electron chi connectivity index (χ3n) is 4.75. The Morgan fingerprint density at radius 2 is 2.04 bits per heavy atom. The third-order valence-corrected chi connectivity index (χ3v) is 6.15. The van der Waals surface area contributed by atoms with Crippen molar-refractivity contribution in [1.29, 1.82) is 0 Å². The highest BCUT2D eigenvalue weighted by Crippen LogP contribution is 2.38. The quantitative estimate of drug-likeness (QED) is 0.719. The smallest absolute Gasteiger partial charge is 0.231 e. The van der Waals surface area contributed by atoms with E-state index >= 15 is 0 Å². The van der Waals surface area contributed by atoms with Gasteiger partial charge in [0.25, 0.3) is 0 Å². The number of quaternary nitrogens is 1. The second kappa shape index (κ2) is 7.67. The van der Waals surface area contributed by atoms with Gasteiger partial charge in [0.15, 0.2) is 5.82 Å². The molecule has 2 aromatic heterocycles. The lowest BCUT2D eigenvalue weighted by atomic mass is 10.2. The molecule has 3 aromatic rings. The van der Waals surface area contributed by atoms with Crippen LogP contribution < -0.4 is 9.64 Å². The SMILES string of the molecule is Cc1sc2nc(C[NH+]3CCOCC3)nc(Oc3ccc(F)cc3Cl)c2c1C. The number of rotatable bonds is 4. The first-order valence-corrected chi connectivity index (χ1v) is 10.0. The molecule has 0 atom stereocenters. The summed E-state index contributed by atoms with van der Waals surface area (Å²) in [5, 5.41) is 1.10. The van der Waals surface area contributed by atoms with E-state index in [1.807, 2.05) is 6.92 Å². The molecule has 1 saturated heterocycles. The van der Waals surface area contributed by atoms with Crippen molar-refractivity contribution in [1.82, 2.24) is 9.97 Å². The number of fused-ring (bicyclic) bond motifs is 1. The fourth-order valence-electron chi connectivity index (χ4n) is 3.13. The summed E-state index contributed by atoms with van der Waals surface area (Å²) in [6, 6.07) is 4.08. The van der Waals surface area contributed by atoms with Gasteiger partial charge in [0, 0.05) is 4.88 Å². The number of morpholine rings is 1. The summed E-state index contributed by atoms with van der Waals surface area (Å²) >= 11 is 7.78. The lowest BCUT2D eigenvalue weighted by molar-refractivity contribution is -0.922. The largest absolute Gasteiger partial charge is 0.437 e. The van der Waals surface area contributed by atoms with Crippen LogP contribution in [0.3, 0.4) is 0 Å². The number of hydrogen-bond acceptors (Lipinski definition) is 5. The molecule has 0 saturated carbocycles. The molecular weight excluding hydrogens is 389 g/mol. The maximum absolute atomic E-state index is 13.4. The summed E-state index contributed by atoms with van der Waals surface area (Å²) in [5.74, 6) is 1.18. The minimum Gasteiger partial charge on any atom is -0.437 e. The second-order valence-electron chi connectivity index (χ2n) is 6.62. The molecule has 4 rings (SSSR count). The fraction of sp³-hybridized carbons (Fsp3) is 0.368. The second-order valence-corrected chi connectivity index (χ2v) is 8.23. The fourth-order valence-corrected chi connectivity index (χ4v) is 4.37. The summed E-state index contributed by atoms with van der Waals surface area (Å²) in [7, 11) is 0. The lowest BCUT2D eigenvalue weighted by Gasteiger charge is -2.23. The van der Waals surface area contributed by atoms with Crippen LogP contribution in [-0.4, -0.2) is 36.3 Å². The van der Waals surface area contributed by atoms with Crippen molar-refractivity contribution < 1.29 is 18.8 Å². The first-order valence-electron chi connectivity index (χ1n) is 8.82. The summed E-state index contributed by atoms with van der Waals surface area (Å²) in [6.07, 6.45) is 0. The lowest BCUT2D eigenvalue weighted by Crippen LogP contribution is -3.12. The molecule has 1 fully saturated rings. The number of benzene rings is 1. The zero-order valence-electron chi connectivity index (χ0n) is 15.1. The number of nitrogens with one attached hydrogen (secondary N) is 1. The van der Waals surface area contributed by atoms with Crippen LogP contribution in [0.1, 0.15) is 16.3 Å². The molecule has 0 radical (unpaired) electrons. The average Bonchev–Trinajstić information content (AvgIpc) is 2.92. The number of hydrogen-bond donors (Lipinski definition) is 1. The zero-order valence-corrected chi connectivity index (χ0v) is 16.7. The Kier molecular flexibility index (Phi) is 5.27. The van der Waals surface area contributed by atoms with Crippen LogP contribution in [0.25, 0.3) is 10.2 Å². The van der Waals surface area contributed by atoms with Crippen molar-refractivity contribution in [3.8, 4) is 11.6 Å². The van der Waals surface area contributed by atoms with Crippen molar-refractivity contribution in [2.75, 3.05) is 26.3 Å². The van der Waals surface area contributed by atoms with Gasteiger partial charge in [0.2, 0.25) is 5.88 Å². The Balaban J connectivity index is 1.74. The van der Waals surface area contributed by atoms with Crippen molar-refractivity contribution in [3.05, 3.63) is 45.3 Å². The monoisotopic (exact) mass is 408 g/mol. The van der Waals surface area contributed by atoms with E-state index in [9.17, 15) is 4.39 Å². The molecule has 0 spiro atoms. The molecular formula is C19H20ClFN3O2S+. The third kappa shape index (κ3) is 3.91. The van der Waals surface area contributed by atoms with Crippen molar-refractivity contribution in [2.45, 2.75) is 20.4 Å². The Labute approximate surface area is 165 Å². The van der Waals surface area contributed by atoms with Crippen LogP contribution in [0, 0.1) is 19.7 Å². The van der Waals surface area contributed by atoms with E-state index in [0.29, 0.717) is 18.2 Å². The standard InChI is InChI=1S/C19H19ClFN3O2S/c1-11-12(2)27-19-17(11)18(26-15-4-3-13(21)9-14(15)20)22-16(23-19)10-24-5-7-25-8-6-24/h3-4,9H,5-8,10H2,1-2H3/p+1. The Hall–Kier alpha value is -1.80. The normalized spacial score (nSPS) is 15.4. The van der Waals surface area contributed by atoms with Gasteiger partial charge in [-0.3, -0.25) is 0 Å². The van der Waals surface area contributed by atoms with Gasteiger partial charge in [-0.05, 0) is 37.6 Å². The van der Waals surface area contributed by atoms with Crippen molar-refractivity contribution >= 4 is 33.2 Å².